The molecule has 220 valence electrons. The highest BCUT2D eigenvalue weighted by atomic mass is 35.5. The Morgan fingerprint density at radius 3 is 2.55 bits per heavy atom. The number of pyridine rings is 1. The largest absolute Gasteiger partial charge is 0.495 e. The van der Waals surface area contributed by atoms with Gasteiger partial charge in [0.05, 0.1) is 35.6 Å². The molecule has 1 aliphatic rings. The number of aromatic nitrogens is 3. The second-order valence-corrected chi connectivity index (χ2v) is 11.7. The third kappa shape index (κ3) is 7.00. The Hall–Kier alpha value is -4.15. The maximum Gasteiger partial charge on any atom is 0.410 e. The number of hydrogen-bond donors (Lipinski definition) is 2. The molecule has 5 rings (SSSR count). The van der Waals surface area contributed by atoms with Crippen molar-refractivity contribution in [3.05, 3.63) is 86.9 Å². The first kappa shape index (κ1) is 29.3. The van der Waals surface area contributed by atoms with Gasteiger partial charge in [-0.1, -0.05) is 35.9 Å². The molecule has 2 N–H and O–H groups in total. The predicted octanol–water partition coefficient (Wildman–Crippen LogP) is 5.37. The summed E-state index contributed by atoms with van der Waals surface area (Å²) in [5.41, 5.74) is 3.68. The average Bonchev–Trinajstić information content (AvgIpc) is 2.94. The van der Waals surface area contributed by atoms with Crippen LogP contribution in [0.15, 0.2) is 59.5 Å². The fraction of sp³-hybridized carbons (Fsp3) is 0.355. The van der Waals surface area contributed by atoms with Crippen LogP contribution in [0.5, 0.6) is 5.75 Å². The van der Waals surface area contributed by atoms with E-state index in [0.717, 1.165) is 29.9 Å². The molecule has 1 aliphatic heterocycles. The zero-order valence-electron chi connectivity index (χ0n) is 24.2. The van der Waals surface area contributed by atoms with Crippen molar-refractivity contribution < 1.29 is 14.3 Å². The molecule has 0 radical (unpaired) electrons. The Labute approximate surface area is 249 Å². The zero-order chi connectivity index (χ0) is 29.9. The van der Waals surface area contributed by atoms with Crippen molar-refractivity contribution >= 4 is 40.0 Å². The monoisotopic (exact) mass is 590 g/mol. The normalized spacial score (nSPS) is 14.2. The van der Waals surface area contributed by atoms with Crippen molar-refractivity contribution in [2.75, 3.05) is 38.6 Å². The maximum absolute atomic E-state index is 12.8. The van der Waals surface area contributed by atoms with E-state index in [9.17, 15) is 9.59 Å². The fourth-order valence-corrected chi connectivity index (χ4v) is 5.14. The van der Waals surface area contributed by atoms with Crippen molar-refractivity contribution in [2.45, 2.75) is 39.3 Å². The van der Waals surface area contributed by atoms with Crippen LogP contribution in [-0.4, -0.2) is 70.0 Å². The van der Waals surface area contributed by atoms with Crippen molar-refractivity contribution in [2.24, 2.45) is 0 Å². The topological polar surface area (TPSA) is 113 Å². The number of fused-ring (bicyclic) bond motifs is 1. The molecule has 0 unspecified atom stereocenters. The summed E-state index contributed by atoms with van der Waals surface area (Å²) >= 11 is 6.40. The van der Waals surface area contributed by atoms with Gasteiger partial charge in [0.1, 0.15) is 11.4 Å². The molecule has 3 heterocycles. The Kier molecular flexibility index (Phi) is 8.65. The highest BCUT2D eigenvalue weighted by Crippen LogP contribution is 2.32. The summed E-state index contributed by atoms with van der Waals surface area (Å²) in [6.45, 7) is 9.05. The highest BCUT2D eigenvalue weighted by molar-refractivity contribution is 6.31. The van der Waals surface area contributed by atoms with Crippen LogP contribution in [-0.2, 0) is 17.7 Å². The number of carbonyl (C=O) groups excluding carboxylic acids is 1. The number of halogens is 1. The molecule has 0 atom stereocenters. The molecule has 1 fully saturated rings. The number of H-pyrrole nitrogens is 1. The van der Waals surface area contributed by atoms with Gasteiger partial charge in [-0.05, 0) is 56.2 Å². The van der Waals surface area contributed by atoms with Gasteiger partial charge in [0, 0.05) is 49.9 Å². The van der Waals surface area contributed by atoms with E-state index in [0.29, 0.717) is 59.1 Å². The van der Waals surface area contributed by atoms with Gasteiger partial charge in [-0.25, -0.2) is 9.89 Å². The minimum Gasteiger partial charge on any atom is -0.495 e. The van der Waals surface area contributed by atoms with E-state index in [1.807, 2.05) is 69.3 Å². The summed E-state index contributed by atoms with van der Waals surface area (Å²) in [5, 5.41) is 10.9. The number of carbonyl (C=O) groups is 1. The van der Waals surface area contributed by atoms with E-state index in [1.165, 1.54) is 0 Å². The van der Waals surface area contributed by atoms with E-state index in [2.05, 4.69) is 25.4 Å². The molecule has 0 aliphatic carbocycles. The number of anilines is 2. The van der Waals surface area contributed by atoms with Gasteiger partial charge < -0.3 is 19.7 Å². The number of aromatic amines is 1. The van der Waals surface area contributed by atoms with Crippen LogP contribution < -0.4 is 15.6 Å². The molecule has 2 aromatic heterocycles. The Balaban J connectivity index is 1.33. The van der Waals surface area contributed by atoms with Gasteiger partial charge in [-0.15, -0.1) is 0 Å². The van der Waals surface area contributed by atoms with Gasteiger partial charge in [0.25, 0.3) is 5.56 Å². The summed E-state index contributed by atoms with van der Waals surface area (Å²) in [5.74, 6) is 0.642. The van der Waals surface area contributed by atoms with Crippen LogP contribution in [0, 0.1) is 0 Å². The number of hydrogen-bond acceptors (Lipinski definition) is 8. The minimum absolute atomic E-state index is 0.271. The number of methoxy groups -OCH3 is 1. The smallest absolute Gasteiger partial charge is 0.410 e. The van der Waals surface area contributed by atoms with Crippen molar-refractivity contribution in [1.82, 2.24) is 25.0 Å². The lowest BCUT2D eigenvalue weighted by atomic mass is 10.1. The van der Waals surface area contributed by atoms with Crippen molar-refractivity contribution in [3.8, 4) is 5.75 Å². The SMILES string of the molecule is COc1cc(CN2CCN(C(=O)OC(C)(C)C)CC2)ccc1Nc1cc(Cc2ccccc2Cl)nc2cn[nH]c(=O)c12. The van der Waals surface area contributed by atoms with Gasteiger partial charge in [0.15, 0.2) is 0 Å². The first-order valence-electron chi connectivity index (χ1n) is 13.8. The van der Waals surface area contributed by atoms with Crippen molar-refractivity contribution in [3.63, 3.8) is 0 Å². The molecule has 1 amide bonds. The Morgan fingerprint density at radius 2 is 1.83 bits per heavy atom. The molecule has 1 saturated heterocycles. The first-order valence-corrected chi connectivity index (χ1v) is 14.2. The van der Waals surface area contributed by atoms with E-state index < -0.39 is 5.60 Å². The number of benzene rings is 2. The summed E-state index contributed by atoms with van der Waals surface area (Å²) < 4.78 is 11.3. The predicted molar refractivity (Wildman–Crippen MR) is 164 cm³/mol. The van der Waals surface area contributed by atoms with Crippen LogP contribution in [0.3, 0.4) is 0 Å². The van der Waals surface area contributed by atoms with Crippen molar-refractivity contribution in [1.29, 1.82) is 0 Å². The lowest BCUT2D eigenvalue weighted by molar-refractivity contribution is 0.0139. The summed E-state index contributed by atoms with van der Waals surface area (Å²) in [6, 6.07) is 15.4. The second-order valence-electron chi connectivity index (χ2n) is 11.3. The highest BCUT2D eigenvalue weighted by Gasteiger charge is 2.26. The minimum atomic E-state index is -0.509. The summed E-state index contributed by atoms with van der Waals surface area (Å²) in [4.78, 5) is 33.9. The lowest BCUT2D eigenvalue weighted by Gasteiger charge is -2.35. The third-order valence-corrected chi connectivity index (χ3v) is 7.34. The average molecular weight is 591 g/mol. The van der Waals surface area contributed by atoms with Crippen LogP contribution in [0.4, 0.5) is 16.2 Å². The Morgan fingerprint density at radius 1 is 1.07 bits per heavy atom. The molecule has 0 saturated carbocycles. The van der Waals surface area contributed by atoms with Gasteiger partial charge in [0.2, 0.25) is 0 Å². The van der Waals surface area contributed by atoms with Gasteiger partial charge >= 0.3 is 6.09 Å². The Bertz CT molecular complexity index is 1640. The number of nitrogens with one attached hydrogen (secondary N) is 2. The third-order valence-electron chi connectivity index (χ3n) is 6.98. The maximum atomic E-state index is 12.8. The molecule has 4 aromatic rings. The van der Waals surface area contributed by atoms with E-state index >= 15 is 0 Å². The van der Waals surface area contributed by atoms with Crippen LogP contribution >= 0.6 is 11.6 Å². The first-order chi connectivity index (χ1) is 20.1. The summed E-state index contributed by atoms with van der Waals surface area (Å²) in [6.07, 6.45) is 1.77. The van der Waals surface area contributed by atoms with E-state index in [1.54, 1.807) is 18.2 Å². The van der Waals surface area contributed by atoms with E-state index in [4.69, 9.17) is 21.1 Å². The molecule has 11 heteroatoms. The zero-order valence-corrected chi connectivity index (χ0v) is 25.0. The molecule has 2 aromatic carbocycles. The van der Waals surface area contributed by atoms with Crippen LogP contribution in [0.2, 0.25) is 5.02 Å². The number of nitrogens with zero attached hydrogens (tertiary/aromatic N) is 4. The fourth-order valence-electron chi connectivity index (χ4n) is 4.94. The number of rotatable bonds is 7. The molecular weight excluding hydrogens is 556 g/mol. The molecule has 10 nitrogen and oxygen atoms in total. The lowest BCUT2D eigenvalue weighted by Crippen LogP contribution is -2.49. The number of ether oxygens (including phenoxy) is 2. The van der Waals surface area contributed by atoms with Gasteiger partial charge in [-0.3, -0.25) is 14.7 Å². The molecular formula is C31H35ClN6O4. The van der Waals surface area contributed by atoms with Gasteiger partial charge in [-0.2, -0.15) is 5.10 Å². The standard InChI is InChI=1S/C31H35ClN6O4/c1-31(2,3)42-30(40)38-13-11-37(12-14-38)19-20-9-10-24(27(15-20)41-4)35-25-17-22(16-21-7-5-6-8-23(21)32)34-26-18-33-36-29(39)28(25)26/h5-10,15,17-18H,11-14,16,19H2,1-4H3,(H,34,35)(H,36,39). The second kappa shape index (κ2) is 12.4. The van der Waals surface area contributed by atoms with Crippen LogP contribution in [0.25, 0.3) is 10.9 Å². The van der Waals surface area contributed by atoms with Crippen LogP contribution in [0.1, 0.15) is 37.6 Å². The quantitative estimate of drug-likeness (QED) is 0.295. The van der Waals surface area contributed by atoms with E-state index in [-0.39, 0.29) is 11.7 Å². The molecule has 42 heavy (non-hydrogen) atoms. The molecule has 0 spiro atoms. The molecule has 0 bridgehead atoms. The number of amides is 1. The number of piperazine rings is 1. The summed E-state index contributed by atoms with van der Waals surface area (Å²) in [7, 11) is 1.62.